The van der Waals surface area contributed by atoms with Crippen LogP contribution in [0.25, 0.3) is 0 Å². The van der Waals surface area contributed by atoms with Gasteiger partial charge in [-0.05, 0) is 0 Å². The van der Waals surface area contributed by atoms with E-state index in [9.17, 15) is 5.11 Å². The predicted octanol–water partition coefficient (Wildman–Crippen LogP) is -4.72. The number of hydrogen-bond acceptors (Lipinski definition) is 4. The summed E-state index contributed by atoms with van der Waals surface area (Å²) in [4.78, 5) is 0. The first-order valence-corrected chi connectivity index (χ1v) is 1.30. The van der Waals surface area contributed by atoms with E-state index in [0.29, 0.717) is 0 Å². The Labute approximate surface area is 88.3 Å². The van der Waals surface area contributed by atoms with Gasteiger partial charge in [0, 0.05) is 0 Å². The molecule has 0 spiro atoms. The molecule has 1 aromatic heterocycles. The fourth-order valence-corrected chi connectivity index (χ4v) is 0.153. The summed E-state index contributed by atoms with van der Waals surface area (Å²) in [6, 6.07) is -0.574. The third-order valence-electron chi connectivity index (χ3n) is 0.326. The van der Waals surface area contributed by atoms with Crippen LogP contribution in [0, 0.1) is 0 Å². The molecule has 6 heteroatoms. The minimum atomic E-state index is -0.574. The molecule has 5 nitrogen and oxygen atoms in total. The Kier molecular flexibility index (Phi) is 4.00. The van der Waals surface area contributed by atoms with E-state index in [4.69, 9.17) is 0 Å². The number of H-pyrrole nitrogens is 1. The summed E-state index contributed by atoms with van der Waals surface area (Å²) in [5.41, 5.74) is 0. The van der Waals surface area contributed by atoms with Crippen molar-refractivity contribution in [1.82, 2.24) is 20.6 Å². The Hall–Kier alpha value is 0.675. The van der Waals surface area contributed by atoms with E-state index in [1.807, 2.05) is 5.21 Å². The van der Waals surface area contributed by atoms with Gasteiger partial charge in [0.15, 0.2) is 0 Å². The maximum atomic E-state index is 9.75. The van der Waals surface area contributed by atoms with Crippen LogP contribution in [0.15, 0.2) is 0 Å². The molecule has 0 radical (unpaired) electrons. The molecule has 0 saturated carbocycles. The predicted molar refractivity (Wildman–Crippen MR) is 13.6 cm³/mol. The van der Waals surface area contributed by atoms with Gasteiger partial charge in [-0.15, -0.1) is 5.10 Å². The van der Waals surface area contributed by atoms with E-state index in [2.05, 4.69) is 15.4 Å². The zero-order valence-corrected chi connectivity index (χ0v) is 8.67. The Balaban J connectivity index is 0.000000360. The molecule has 0 saturated heterocycles. The van der Waals surface area contributed by atoms with Gasteiger partial charge in [0.2, 0.25) is 0 Å². The molecule has 0 unspecified atom stereocenters. The molecular weight excluding hydrogens is 170 g/mol. The molecule has 0 fully saturated rings. The van der Waals surface area contributed by atoms with Gasteiger partial charge in [0.05, 0.1) is 0 Å². The molecule has 0 amide bonds. The average Bonchev–Trinajstić information content (AvgIpc) is 1.86. The SMILES string of the molecule is [O-]c1nn[nH]n1.[Rb+]. The maximum absolute atomic E-state index is 9.75. The first-order valence-electron chi connectivity index (χ1n) is 1.30. The smallest absolute Gasteiger partial charge is 0.842 e. The van der Waals surface area contributed by atoms with Crippen molar-refractivity contribution in [3.63, 3.8) is 0 Å². The molecule has 1 aromatic rings. The van der Waals surface area contributed by atoms with Crippen LogP contribution in [0.2, 0.25) is 0 Å². The van der Waals surface area contributed by atoms with Crippen molar-refractivity contribution in [1.29, 1.82) is 0 Å². The van der Waals surface area contributed by atoms with Crippen molar-refractivity contribution in [2.24, 2.45) is 0 Å². The number of rotatable bonds is 0. The molecule has 0 bridgehead atoms. The fourth-order valence-electron chi connectivity index (χ4n) is 0.153. The second-order valence-corrected chi connectivity index (χ2v) is 0.694. The van der Waals surface area contributed by atoms with Crippen molar-refractivity contribution in [2.45, 2.75) is 0 Å². The summed E-state index contributed by atoms with van der Waals surface area (Å²) in [5, 5.41) is 20.7. The second kappa shape index (κ2) is 3.65. The zero-order chi connectivity index (χ0) is 4.41. The summed E-state index contributed by atoms with van der Waals surface area (Å²) in [5.74, 6) is 0. The van der Waals surface area contributed by atoms with Gasteiger partial charge in [0.25, 0.3) is 0 Å². The van der Waals surface area contributed by atoms with Crippen molar-refractivity contribution in [2.75, 3.05) is 0 Å². The van der Waals surface area contributed by atoms with Crippen LogP contribution in [0.1, 0.15) is 0 Å². The van der Waals surface area contributed by atoms with Crippen LogP contribution < -0.4 is 63.3 Å². The second-order valence-electron chi connectivity index (χ2n) is 0.694. The molecule has 0 aliphatic carbocycles. The molecule has 0 atom stereocenters. The Bertz CT molecular complexity index is 115. The monoisotopic (exact) mass is 170 g/mol. The standard InChI is InChI=1S/CH2N4O.Rb/c6-1-2-4-5-3-1;/h(H2,2,3,4,5,6);/q;+1/p-1. The van der Waals surface area contributed by atoms with Gasteiger partial charge < -0.3 is 5.11 Å². The Morgan fingerprint density at radius 1 is 1.57 bits per heavy atom. The maximum Gasteiger partial charge on any atom is 1.00 e. The van der Waals surface area contributed by atoms with E-state index < -0.39 is 6.01 Å². The number of hydrogen-bond donors (Lipinski definition) is 1. The van der Waals surface area contributed by atoms with Crippen LogP contribution in [0.5, 0.6) is 6.01 Å². The van der Waals surface area contributed by atoms with E-state index in [0.717, 1.165) is 0 Å². The summed E-state index contributed by atoms with van der Waals surface area (Å²) in [7, 11) is 0. The largest absolute Gasteiger partial charge is 1.00 e. The first kappa shape index (κ1) is 7.68. The van der Waals surface area contributed by atoms with Gasteiger partial charge >= 0.3 is 58.2 Å². The fraction of sp³-hybridized carbons (Fsp3) is 0. The van der Waals surface area contributed by atoms with E-state index in [-0.39, 0.29) is 58.2 Å². The number of aromatic amines is 1. The van der Waals surface area contributed by atoms with Crippen LogP contribution in [0.4, 0.5) is 0 Å². The Morgan fingerprint density at radius 2 is 2.29 bits per heavy atom. The molecule has 1 heterocycles. The molecule has 0 aliphatic heterocycles. The average molecular weight is 171 g/mol. The first-order chi connectivity index (χ1) is 2.89. The third kappa shape index (κ3) is 2.48. The van der Waals surface area contributed by atoms with Crippen molar-refractivity contribution >= 4 is 0 Å². The topological polar surface area (TPSA) is 77.5 Å². The van der Waals surface area contributed by atoms with Gasteiger partial charge in [0.1, 0.15) is 6.01 Å². The van der Waals surface area contributed by atoms with Crippen molar-refractivity contribution in [3.05, 3.63) is 0 Å². The van der Waals surface area contributed by atoms with Crippen LogP contribution in [-0.4, -0.2) is 20.6 Å². The number of nitrogens with zero attached hydrogens (tertiary/aromatic N) is 3. The zero-order valence-electron chi connectivity index (χ0n) is 3.75. The summed E-state index contributed by atoms with van der Waals surface area (Å²) in [6.07, 6.45) is 0. The van der Waals surface area contributed by atoms with E-state index in [1.165, 1.54) is 0 Å². The van der Waals surface area contributed by atoms with Gasteiger partial charge in [-0.1, -0.05) is 5.21 Å². The number of nitrogens with one attached hydrogen (secondary N) is 1. The molecular formula is CHN4ORb. The van der Waals surface area contributed by atoms with E-state index in [1.54, 1.807) is 0 Å². The quantitative estimate of drug-likeness (QED) is 0.424. The van der Waals surface area contributed by atoms with Crippen molar-refractivity contribution in [3.8, 4) is 6.01 Å². The van der Waals surface area contributed by atoms with Crippen LogP contribution in [0.3, 0.4) is 0 Å². The number of tetrazole rings is 1. The molecule has 0 aliphatic rings. The third-order valence-corrected chi connectivity index (χ3v) is 0.326. The van der Waals surface area contributed by atoms with Crippen LogP contribution in [-0.2, 0) is 0 Å². The molecule has 1 rings (SSSR count). The minimum absolute atomic E-state index is 0. The summed E-state index contributed by atoms with van der Waals surface area (Å²) in [6.45, 7) is 0. The van der Waals surface area contributed by atoms with Crippen molar-refractivity contribution < 1.29 is 63.3 Å². The van der Waals surface area contributed by atoms with Gasteiger partial charge in [-0.25, -0.2) is 0 Å². The van der Waals surface area contributed by atoms with Gasteiger partial charge in [-0.2, -0.15) is 10.3 Å². The summed E-state index contributed by atoms with van der Waals surface area (Å²) < 4.78 is 0. The molecule has 32 valence electrons. The minimum Gasteiger partial charge on any atom is -0.842 e. The molecule has 0 aromatic carbocycles. The molecule has 1 N–H and O–H groups in total. The van der Waals surface area contributed by atoms with Crippen LogP contribution >= 0.6 is 0 Å². The molecule has 7 heavy (non-hydrogen) atoms. The normalized spacial score (nSPS) is 7.43. The Morgan fingerprint density at radius 3 is 2.43 bits per heavy atom. The summed E-state index contributed by atoms with van der Waals surface area (Å²) >= 11 is 0. The number of aromatic nitrogens is 4. The van der Waals surface area contributed by atoms with E-state index >= 15 is 0 Å². The van der Waals surface area contributed by atoms with Gasteiger partial charge in [-0.3, -0.25) is 0 Å².